The third-order valence-corrected chi connectivity index (χ3v) is 10.7. The Morgan fingerprint density at radius 1 is 0.628 bits per heavy atom. The molecule has 3 aromatic carbocycles. The zero-order chi connectivity index (χ0) is 31.0. The highest BCUT2D eigenvalue weighted by atomic mass is 32.1. The van der Waals surface area contributed by atoms with Crippen LogP contribution in [0.5, 0.6) is 0 Å². The molecule has 4 aromatic rings. The van der Waals surface area contributed by atoms with Crippen molar-refractivity contribution in [2.45, 2.75) is 92.9 Å². The second-order valence-electron chi connectivity index (χ2n) is 12.7. The minimum Gasteiger partial charge on any atom is -0.310 e. The summed E-state index contributed by atoms with van der Waals surface area (Å²) in [6.07, 6.45) is 15.0. The molecule has 0 amide bonds. The van der Waals surface area contributed by atoms with E-state index in [1.54, 1.807) is 0 Å². The summed E-state index contributed by atoms with van der Waals surface area (Å²) < 4.78 is 0. The lowest BCUT2D eigenvalue weighted by atomic mass is 9.76. The quantitative estimate of drug-likeness (QED) is 0.150. The smallest absolute Gasteiger partial charge is 0.0464 e. The molecule has 4 rings (SSSR count). The van der Waals surface area contributed by atoms with Crippen molar-refractivity contribution in [2.24, 2.45) is 5.41 Å². The molecule has 0 saturated heterocycles. The Hall–Kier alpha value is -3.36. The highest BCUT2D eigenvalue weighted by Crippen LogP contribution is 2.38. The average Bonchev–Trinajstić information content (AvgIpc) is 3.49. The zero-order valence-corrected chi connectivity index (χ0v) is 28.5. The molecule has 1 heterocycles. The molecule has 0 fully saturated rings. The largest absolute Gasteiger partial charge is 0.310 e. The molecule has 0 aliphatic rings. The standard InChI is InChI=1S/C41H51NS/c1-9-28-41(8,12-4)34-17-22-36(23-18-34)42(37-19-13-31(5)32(6)30-37)35-20-14-33(15-21-35)16-24-38-25-26-39(43-38)27-29-40(7,10-2)11-3/h13-27,29-30H,9-12,28H2,1-8H3/b24-16-,29-27-. The van der Waals surface area contributed by atoms with E-state index in [2.05, 4.69) is 163 Å². The molecule has 0 saturated carbocycles. The topological polar surface area (TPSA) is 3.24 Å². The van der Waals surface area contributed by atoms with E-state index in [0.29, 0.717) is 0 Å². The molecule has 226 valence electrons. The SMILES string of the molecule is CCCC(C)(CC)c1ccc(N(c2ccc(/C=C\c3ccc(/C=C\C(C)(CC)CC)s3)cc2)c2ccc(C)c(C)c2)cc1. The predicted octanol–water partition coefficient (Wildman–Crippen LogP) is 13.3. The van der Waals surface area contributed by atoms with Gasteiger partial charge >= 0.3 is 0 Å². The second-order valence-corrected chi connectivity index (χ2v) is 13.8. The van der Waals surface area contributed by atoms with Crippen molar-refractivity contribution >= 4 is 46.6 Å². The van der Waals surface area contributed by atoms with Crippen LogP contribution < -0.4 is 4.90 Å². The molecule has 0 spiro atoms. The molecule has 1 unspecified atom stereocenters. The van der Waals surface area contributed by atoms with Gasteiger partial charge in [0, 0.05) is 26.8 Å². The van der Waals surface area contributed by atoms with E-state index in [1.807, 2.05) is 11.3 Å². The van der Waals surface area contributed by atoms with Gasteiger partial charge in [-0.05, 0) is 133 Å². The molecule has 1 aromatic heterocycles. The van der Waals surface area contributed by atoms with Gasteiger partial charge in [-0.2, -0.15) is 0 Å². The van der Waals surface area contributed by atoms with Crippen LogP contribution in [-0.2, 0) is 5.41 Å². The van der Waals surface area contributed by atoms with Gasteiger partial charge in [0.15, 0.2) is 0 Å². The molecule has 1 atom stereocenters. The third-order valence-electron chi connectivity index (χ3n) is 9.66. The van der Waals surface area contributed by atoms with Gasteiger partial charge in [-0.25, -0.2) is 0 Å². The minimum absolute atomic E-state index is 0.220. The van der Waals surface area contributed by atoms with Crippen molar-refractivity contribution in [3.8, 4) is 0 Å². The summed E-state index contributed by atoms with van der Waals surface area (Å²) >= 11 is 1.84. The molecule has 0 bridgehead atoms. The number of hydrogen-bond donors (Lipinski definition) is 0. The summed E-state index contributed by atoms with van der Waals surface area (Å²) in [4.78, 5) is 4.97. The first-order valence-electron chi connectivity index (χ1n) is 16.2. The van der Waals surface area contributed by atoms with Gasteiger partial charge in [-0.15, -0.1) is 11.3 Å². The Morgan fingerprint density at radius 2 is 1.21 bits per heavy atom. The lowest BCUT2D eigenvalue weighted by Crippen LogP contribution is -2.20. The normalized spacial score (nSPS) is 13.6. The summed E-state index contributed by atoms with van der Waals surface area (Å²) in [6, 6.07) is 29.5. The van der Waals surface area contributed by atoms with E-state index in [0.717, 1.165) is 19.3 Å². The summed E-state index contributed by atoms with van der Waals surface area (Å²) in [6.45, 7) is 18.3. The molecule has 0 aliphatic carbocycles. The van der Waals surface area contributed by atoms with Crippen molar-refractivity contribution in [2.75, 3.05) is 4.90 Å². The molecule has 0 N–H and O–H groups in total. The maximum absolute atomic E-state index is 2.40. The summed E-state index contributed by atoms with van der Waals surface area (Å²) in [7, 11) is 0. The zero-order valence-electron chi connectivity index (χ0n) is 27.7. The predicted molar refractivity (Wildman–Crippen MR) is 194 cm³/mol. The van der Waals surface area contributed by atoms with Crippen LogP contribution in [0, 0.1) is 19.3 Å². The maximum Gasteiger partial charge on any atom is 0.0464 e. The Kier molecular flexibility index (Phi) is 10.9. The molecule has 2 heteroatoms. The van der Waals surface area contributed by atoms with Gasteiger partial charge < -0.3 is 4.90 Å². The van der Waals surface area contributed by atoms with Gasteiger partial charge in [-0.1, -0.05) is 90.4 Å². The monoisotopic (exact) mass is 589 g/mol. The molecular weight excluding hydrogens is 539 g/mol. The first kappa shape index (κ1) is 32.6. The van der Waals surface area contributed by atoms with E-state index in [4.69, 9.17) is 0 Å². The fourth-order valence-electron chi connectivity index (χ4n) is 5.63. The minimum atomic E-state index is 0.220. The van der Waals surface area contributed by atoms with Crippen LogP contribution in [0.2, 0.25) is 0 Å². The van der Waals surface area contributed by atoms with Crippen molar-refractivity contribution < 1.29 is 0 Å². The van der Waals surface area contributed by atoms with Crippen LogP contribution in [0.1, 0.15) is 106 Å². The Balaban J connectivity index is 1.59. The van der Waals surface area contributed by atoms with E-state index in [-0.39, 0.29) is 10.8 Å². The molecule has 1 nitrogen and oxygen atoms in total. The third kappa shape index (κ3) is 7.98. The van der Waals surface area contributed by atoms with Crippen LogP contribution in [-0.4, -0.2) is 0 Å². The van der Waals surface area contributed by atoms with Crippen molar-refractivity contribution in [1.82, 2.24) is 0 Å². The molecule has 43 heavy (non-hydrogen) atoms. The Morgan fingerprint density at radius 3 is 1.77 bits per heavy atom. The number of hydrogen-bond acceptors (Lipinski definition) is 2. The average molecular weight is 590 g/mol. The van der Waals surface area contributed by atoms with Crippen LogP contribution in [0.4, 0.5) is 17.1 Å². The first-order valence-corrected chi connectivity index (χ1v) is 17.0. The fraction of sp³-hybridized carbons (Fsp3) is 0.366. The number of aryl methyl sites for hydroxylation is 2. The van der Waals surface area contributed by atoms with Gasteiger partial charge in [0.05, 0.1) is 0 Å². The lowest BCUT2D eigenvalue weighted by molar-refractivity contribution is 0.398. The first-order chi connectivity index (χ1) is 20.6. The van der Waals surface area contributed by atoms with Gasteiger partial charge in [0.25, 0.3) is 0 Å². The van der Waals surface area contributed by atoms with E-state index in [1.165, 1.54) is 61.9 Å². The van der Waals surface area contributed by atoms with Crippen LogP contribution >= 0.6 is 11.3 Å². The summed E-state index contributed by atoms with van der Waals surface area (Å²) in [5.41, 5.74) is 9.29. The van der Waals surface area contributed by atoms with Crippen LogP contribution in [0.3, 0.4) is 0 Å². The number of anilines is 3. The number of rotatable bonds is 13. The van der Waals surface area contributed by atoms with Crippen LogP contribution in [0.15, 0.2) is 84.9 Å². The maximum atomic E-state index is 2.40. The molecular formula is C41H51NS. The number of thiophene rings is 1. The van der Waals surface area contributed by atoms with E-state index < -0.39 is 0 Å². The number of allylic oxidation sites excluding steroid dienone is 1. The highest BCUT2D eigenvalue weighted by Gasteiger charge is 2.24. The van der Waals surface area contributed by atoms with Gasteiger partial charge in [0.1, 0.15) is 0 Å². The fourth-order valence-corrected chi connectivity index (χ4v) is 6.45. The van der Waals surface area contributed by atoms with Crippen molar-refractivity contribution in [3.05, 3.63) is 117 Å². The number of nitrogens with zero attached hydrogens (tertiary/aromatic N) is 1. The molecule has 0 aliphatic heterocycles. The molecule has 0 radical (unpaired) electrons. The number of benzene rings is 3. The van der Waals surface area contributed by atoms with Gasteiger partial charge in [0.2, 0.25) is 0 Å². The van der Waals surface area contributed by atoms with E-state index >= 15 is 0 Å². The lowest BCUT2D eigenvalue weighted by Gasteiger charge is -2.30. The van der Waals surface area contributed by atoms with Crippen molar-refractivity contribution in [1.29, 1.82) is 0 Å². The summed E-state index contributed by atoms with van der Waals surface area (Å²) in [5, 5.41) is 0. The van der Waals surface area contributed by atoms with E-state index in [9.17, 15) is 0 Å². The van der Waals surface area contributed by atoms with Gasteiger partial charge in [-0.3, -0.25) is 0 Å². The Bertz CT molecular complexity index is 1510. The second kappa shape index (κ2) is 14.4. The summed E-state index contributed by atoms with van der Waals surface area (Å²) in [5.74, 6) is 0. The highest BCUT2D eigenvalue weighted by molar-refractivity contribution is 7.13. The Labute approximate surface area is 266 Å². The van der Waals surface area contributed by atoms with Crippen molar-refractivity contribution in [3.63, 3.8) is 0 Å². The van der Waals surface area contributed by atoms with Crippen LogP contribution in [0.25, 0.3) is 18.2 Å².